The zero-order valence-corrected chi connectivity index (χ0v) is 17.6. The van der Waals surface area contributed by atoms with Crippen LogP contribution in [0, 0.1) is 0 Å². The average Bonchev–Trinajstić information content (AvgIpc) is 3.43. The van der Waals surface area contributed by atoms with Gasteiger partial charge in [0.25, 0.3) is 5.91 Å². The van der Waals surface area contributed by atoms with E-state index in [1.807, 2.05) is 18.2 Å². The van der Waals surface area contributed by atoms with Crippen molar-refractivity contribution in [3.8, 4) is 11.5 Å². The highest BCUT2D eigenvalue weighted by molar-refractivity contribution is 9.10. The highest BCUT2D eigenvalue weighted by atomic mass is 79.9. The van der Waals surface area contributed by atoms with Gasteiger partial charge in [-0.3, -0.25) is 4.79 Å². The van der Waals surface area contributed by atoms with E-state index in [1.165, 1.54) is 0 Å². The first-order chi connectivity index (χ1) is 14.7. The van der Waals surface area contributed by atoms with Crippen molar-refractivity contribution in [1.82, 2.24) is 5.32 Å². The molecule has 0 saturated carbocycles. The minimum absolute atomic E-state index is 0.0507. The molecule has 8 heteroatoms. The Kier molecular flexibility index (Phi) is 5.18. The van der Waals surface area contributed by atoms with Crippen LogP contribution >= 0.6 is 15.9 Å². The third-order valence-electron chi connectivity index (χ3n) is 5.05. The highest BCUT2D eigenvalue weighted by Crippen LogP contribution is 2.35. The lowest BCUT2D eigenvalue weighted by molar-refractivity contribution is 0.0854. The fourth-order valence-electron chi connectivity index (χ4n) is 3.53. The van der Waals surface area contributed by atoms with Crippen LogP contribution in [0.4, 0.5) is 5.69 Å². The number of carbonyl (C=O) groups is 1. The second-order valence-corrected chi connectivity index (χ2v) is 8.06. The molecule has 3 heterocycles. The van der Waals surface area contributed by atoms with Gasteiger partial charge in [0.1, 0.15) is 11.1 Å². The Morgan fingerprint density at radius 3 is 2.90 bits per heavy atom. The molecule has 1 amide bonds. The first-order valence-electron chi connectivity index (χ1n) is 9.73. The first-order valence-corrected chi connectivity index (χ1v) is 10.5. The second-order valence-electron chi connectivity index (χ2n) is 7.14. The second kappa shape index (κ2) is 8.12. The van der Waals surface area contributed by atoms with Crippen molar-refractivity contribution in [2.75, 3.05) is 19.9 Å². The summed E-state index contributed by atoms with van der Waals surface area (Å²) in [5.74, 6) is 1.03. The number of hydrogen-bond acceptors (Lipinski definition) is 6. The Balaban J connectivity index is 1.55. The standard InChI is InChI=1S/C22H19BrN2O5/c23-14-3-5-18-13(8-14)9-17(21(26)24-11-16-2-1-7-27-16)22(30-18)25-15-4-6-19-20(10-15)29-12-28-19/h3-6,8-10,16H,1-2,7,11-12H2,(H,24,26). The van der Waals surface area contributed by atoms with Gasteiger partial charge >= 0.3 is 0 Å². The number of amides is 1. The Morgan fingerprint density at radius 1 is 1.13 bits per heavy atom. The van der Waals surface area contributed by atoms with Crippen molar-refractivity contribution in [1.29, 1.82) is 0 Å². The third kappa shape index (κ3) is 3.93. The van der Waals surface area contributed by atoms with Crippen LogP contribution in [-0.2, 0) is 4.74 Å². The van der Waals surface area contributed by atoms with Gasteiger partial charge in [0.2, 0.25) is 12.3 Å². The first kappa shape index (κ1) is 19.1. The summed E-state index contributed by atoms with van der Waals surface area (Å²) in [5, 5.41) is 3.75. The quantitative estimate of drug-likeness (QED) is 0.621. The SMILES string of the molecule is O=C(NCC1CCCO1)c1cc2cc(Br)ccc2oc1=Nc1ccc2c(c1)OCO2. The lowest BCUT2D eigenvalue weighted by Gasteiger charge is -2.11. The van der Waals surface area contributed by atoms with E-state index >= 15 is 0 Å². The van der Waals surface area contributed by atoms with E-state index in [0.29, 0.717) is 34.9 Å². The Hall–Kier alpha value is -2.84. The van der Waals surface area contributed by atoms with Gasteiger partial charge in [-0.2, -0.15) is 0 Å². The van der Waals surface area contributed by atoms with Gasteiger partial charge in [-0.1, -0.05) is 15.9 Å². The lowest BCUT2D eigenvalue weighted by Crippen LogP contribution is -2.34. The smallest absolute Gasteiger partial charge is 0.256 e. The molecule has 0 bridgehead atoms. The number of fused-ring (bicyclic) bond motifs is 2. The predicted octanol–water partition coefficient (Wildman–Crippen LogP) is 4.07. The van der Waals surface area contributed by atoms with Crippen molar-refractivity contribution >= 4 is 38.5 Å². The van der Waals surface area contributed by atoms with Crippen LogP contribution in [0.3, 0.4) is 0 Å². The number of ether oxygens (including phenoxy) is 3. The van der Waals surface area contributed by atoms with E-state index in [2.05, 4.69) is 26.2 Å². The maximum atomic E-state index is 13.0. The summed E-state index contributed by atoms with van der Waals surface area (Å²) in [6.45, 7) is 1.38. The number of halogens is 1. The maximum Gasteiger partial charge on any atom is 0.256 e. The predicted molar refractivity (Wildman–Crippen MR) is 113 cm³/mol. The number of benzene rings is 2. The fraction of sp³-hybridized carbons (Fsp3) is 0.273. The van der Waals surface area contributed by atoms with Crippen molar-refractivity contribution < 1.29 is 23.4 Å². The van der Waals surface area contributed by atoms with Crippen LogP contribution < -0.4 is 20.3 Å². The van der Waals surface area contributed by atoms with Gasteiger partial charge in [-0.25, -0.2) is 4.99 Å². The summed E-state index contributed by atoms with van der Waals surface area (Å²) in [6.07, 6.45) is 2.02. The molecule has 1 fully saturated rings. The van der Waals surface area contributed by atoms with Gasteiger partial charge < -0.3 is 23.9 Å². The molecule has 1 unspecified atom stereocenters. The largest absolute Gasteiger partial charge is 0.454 e. The van der Waals surface area contributed by atoms with Gasteiger partial charge in [-0.15, -0.1) is 0 Å². The molecule has 3 aromatic rings. The van der Waals surface area contributed by atoms with E-state index in [0.717, 1.165) is 29.3 Å². The van der Waals surface area contributed by atoms with E-state index in [-0.39, 0.29) is 24.4 Å². The Morgan fingerprint density at radius 2 is 2.03 bits per heavy atom. The fourth-order valence-corrected chi connectivity index (χ4v) is 3.91. The summed E-state index contributed by atoms with van der Waals surface area (Å²) in [6, 6.07) is 12.8. The lowest BCUT2D eigenvalue weighted by atomic mass is 10.1. The van der Waals surface area contributed by atoms with Crippen LogP contribution in [0.15, 0.2) is 56.3 Å². The van der Waals surface area contributed by atoms with E-state index in [9.17, 15) is 4.79 Å². The van der Waals surface area contributed by atoms with Gasteiger partial charge in [0, 0.05) is 29.1 Å². The van der Waals surface area contributed by atoms with Gasteiger partial charge in [0.15, 0.2) is 11.5 Å². The topological polar surface area (TPSA) is 82.3 Å². The Bertz CT molecular complexity index is 1180. The van der Waals surface area contributed by atoms with Crippen molar-refractivity contribution in [3.05, 3.63) is 58.1 Å². The zero-order valence-electron chi connectivity index (χ0n) is 16.0. The zero-order chi connectivity index (χ0) is 20.5. The van der Waals surface area contributed by atoms with E-state index < -0.39 is 0 Å². The minimum atomic E-state index is -0.254. The molecule has 7 nitrogen and oxygen atoms in total. The maximum absolute atomic E-state index is 13.0. The van der Waals surface area contributed by atoms with Gasteiger partial charge in [-0.05, 0) is 49.2 Å². The molecule has 0 radical (unpaired) electrons. The van der Waals surface area contributed by atoms with Crippen molar-refractivity contribution in [2.45, 2.75) is 18.9 Å². The summed E-state index contributed by atoms with van der Waals surface area (Å²) < 4.78 is 23.3. The monoisotopic (exact) mass is 470 g/mol. The molecule has 1 aromatic heterocycles. The number of carbonyl (C=O) groups excluding carboxylic acids is 1. The molecule has 1 saturated heterocycles. The van der Waals surface area contributed by atoms with Crippen LogP contribution in [-0.4, -0.2) is 32.0 Å². The molecule has 30 heavy (non-hydrogen) atoms. The van der Waals surface area contributed by atoms with Crippen molar-refractivity contribution in [3.63, 3.8) is 0 Å². The number of nitrogens with one attached hydrogen (secondary N) is 1. The molecule has 2 aliphatic heterocycles. The molecule has 0 aliphatic carbocycles. The van der Waals surface area contributed by atoms with Crippen LogP contribution in [0.1, 0.15) is 23.2 Å². The molecule has 154 valence electrons. The number of hydrogen-bond donors (Lipinski definition) is 1. The summed E-state index contributed by atoms with van der Waals surface area (Å²) in [7, 11) is 0. The van der Waals surface area contributed by atoms with E-state index in [4.69, 9.17) is 18.6 Å². The molecule has 2 aliphatic rings. The molecule has 0 spiro atoms. The van der Waals surface area contributed by atoms with Gasteiger partial charge in [0.05, 0.1) is 11.8 Å². The molecular weight excluding hydrogens is 452 g/mol. The Labute approximate surface area is 180 Å². The van der Waals surface area contributed by atoms with Crippen LogP contribution in [0.25, 0.3) is 11.0 Å². The number of rotatable bonds is 4. The van der Waals surface area contributed by atoms with E-state index in [1.54, 1.807) is 24.3 Å². The summed E-state index contributed by atoms with van der Waals surface area (Å²) in [5.41, 5.74) is 1.82. The van der Waals surface area contributed by atoms with Crippen LogP contribution in [0.5, 0.6) is 11.5 Å². The highest BCUT2D eigenvalue weighted by Gasteiger charge is 2.19. The molecule has 1 atom stereocenters. The molecule has 1 N–H and O–H groups in total. The number of nitrogens with zero attached hydrogens (tertiary/aromatic N) is 1. The average molecular weight is 471 g/mol. The molecule has 5 rings (SSSR count). The molecular formula is C22H19BrN2O5. The summed E-state index contributed by atoms with van der Waals surface area (Å²) in [4.78, 5) is 17.6. The van der Waals surface area contributed by atoms with Crippen LogP contribution in [0.2, 0.25) is 0 Å². The normalized spacial score (nSPS) is 18.2. The molecule has 2 aromatic carbocycles. The third-order valence-corrected chi connectivity index (χ3v) is 5.55. The van der Waals surface area contributed by atoms with Crippen molar-refractivity contribution in [2.24, 2.45) is 4.99 Å². The summed E-state index contributed by atoms with van der Waals surface area (Å²) >= 11 is 3.46. The minimum Gasteiger partial charge on any atom is -0.454 e.